The van der Waals surface area contributed by atoms with E-state index < -0.39 is 18.5 Å². The van der Waals surface area contributed by atoms with E-state index in [0.717, 1.165) is 11.0 Å². The first kappa shape index (κ1) is 14.8. The first-order valence-corrected chi connectivity index (χ1v) is 5.50. The molecule has 0 amide bonds. The van der Waals surface area contributed by atoms with Crippen LogP contribution < -0.4 is 10.2 Å². The van der Waals surface area contributed by atoms with Gasteiger partial charge in [0.05, 0.1) is 5.69 Å². The number of para-hydroxylation sites is 1. The minimum Gasteiger partial charge on any atom is -0.363 e. The number of benzene rings is 1. The van der Waals surface area contributed by atoms with Gasteiger partial charge in [0.15, 0.2) is 0 Å². The number of hydrogen-bond donors (Lipinski definition) is 1. The lowest BCUT2D eigenvalue weighted by Gasteiger charge is -2.26. The van der Waals surface area contributed by atoms with Crippen molar-refractivity contribution in [3.8, 4) is 0 Å². The van der Waals surface area contributed by atoms with Crippen molar-refractivity contribution < 1.29 is 17.6 Å². The van der Waals surface area contributed by atoms with Crippen molar-refractivity contribution in [2.24, 2.45) is 0 Å². The molecule has 2 nitrogen and oxygen atoms in total. The number of hydrogen-bond acceptors (Lipinski definition) is 2. The van der Waals surface area contributed by atoms with Crippen LogP contribution in [-0.2, 0) is 0 Å². The molecule has 102 valence electrons. The quantitative estimate of drug-likeness (QED) is 0.841. The normalized spacial score (nSPS) is 13.5. The maximum atomic E-state index is 13.7. The third-order valence-electron chi connectivity index (χ3n) is 2.72. The van der Waals surface area contributed by atoms with Gasteiger partial charge in [-0.3, -0.25) is 0 Å². The zero-order valence-corrected chi connectivity index (χ0v) is 10.5. The van der Waals surface area contributed by atoms with Crippen LogP contribution in [0, 0.1) is 5.82 Å². The summed E-state index contributed by atoms with van der Waals surface area (Å²) in [5, 5.41) is 2.89. The molecular weight excluding hydrogens is 248 g/mol. The maximum Gasteiger partial charge on any atom is 0.405 e. The number of halogens is 4. The van der Waals surface area contributed by atoms with Gasteiger partial charge >= 0.3 is 6.18 Å². The molecule has 0 aliphatic heterocycles. The van der Waals surface area contributed by atoms with Gasteiger partial charge in [0.2, 0.25) is 0 Å². The van der Waals surface area contributed by atoms with E-state index in [-0.39, 0.29) is 11.7 Å². The Morgan fingerprint density at radius 2 is 1.94 bits per heavy atom. The van der Waals surface area contributed by atoms with E-state index in [1.807, 2.05) is 0 Å². The fraction of sp³-hybridized carbons (Fsp3) is 0.500. The smallest absolute Gasteiger partial charge is 0.363 e. The summed E-state index contributed by atoms with van der Waals surface area (Å²) in [6.07, 6.45) is -4.36. The number of alkyl halides is 3. The molecule has 1 N–H and O–H groups in total. The molecular formula is C12H16F4N2. The standard InChI is InChI=1S/C12H16F4N2/c1-8(17-2)9-5-4-6-10(13)11(9)18(3)7-12(14,15)16/h4-6,8,17H,7H2,1-3H3. The Bertz CT molecular complexity index is 404. The van der Waals surface area contributed by atoms with Crippen LogP contribution in [0.5, 0.6) is 0 Å². The zero-order valence-electron chi connectivity index (χ0n) is 10.5. The van der Waals surface area contributed by atoms with Crippen LogP contribution in [0.1, 0.15) is 18.5 Å². The van der Waals surface area contributed by atoms with Crippen LogP contribution in [0.2, 0.25) is 0 Å². The Balaban J connectivity index is 3.13. The molecule has 1 rings (SSSR count). The Hall–Kier alpha value is -1.30. The fourth-order valence-corrected chi connectivity index (χ4v) is 1.79. The van der Waals surface area contributed by atoms with Crippen molar-refractivity contribution in [1.82, 2.24) is 5.32 Å². The van der Waals surface area contributed by atoms with Gasteiger partial charge < -0.3 is 10.2 Å². The largest absolute Gasteiger partial charge is 0.405 e. The molecule has 0 bridgehead atoms. The van der Waals surface area contributed by atoms with E-state index in [4.69, 9.17) is 0 Å². The SMILES string of the molecule is CNC(C)c1cccc(F)c1N(C)CC(F)(F)F. The lowest BCUT2D eigenvalue weighted by molar-refractivity contribution is -0.119. The van der Waals surface area contributed by atoms with E-state index in [9.17, 15) is 17.6 Å². The second-order valence-corrected chi connectivity index (χ2v) is 4.16. The second kappa shape index (κ2) is 5.56. The summed E-state index contributed by atoms with van der Waals surface area (Å²) in [6, 6.07) is 4.04. The summed E-state index contributed by atoms with van der Waals surface area (Å²) in [4.78, 5) is 0.887. The molecule has 0 saturated carbocycles. The van der Waals surface area contributed by atoms with Crippen molar-refractivity contribution in [3.63, 3.8) is 0 Å². The molecule has 0 saturated heterocycles. The van der Waals surface area contributed by atoms with E-state index in [2.05, 4.69) is 5.32 Å². The lowest BCUT2D eigenvalue weighted by Crippen LogP contribution is -2.32. The van der Waals surface area contributed by atoms with Gasteiger partial charge in [-0.2, -0.15) is 13.2 Å². The molecule has 1 aromatic rings. The zero-order chi connectivity index (χ0) is 13.9. The maximum absolute atomic E-state index is 13.7. The van der Waals surface area contributed by atoms with Crippen LogP contribution in [0.4, 0.5) is 23.2 Å². The predicted octanol–water partition coefficient (Wildman–Crippen LogP) is 3.10. The monoisotopic (exact) mass is 264 g/mol. The number of rotatable bonds is 4. The van der Waals surface area contributed by atoms with Gasteiger partial charge in [0.25, 0.3) is 0 Å². The predicted molar refractivity (Wildman–Crippen MR) is 63.2 cm³/mol. The molecule has 18 heavy (non-hydrogen) atoms. The van der Waals surface area contributed by atoms with Crippen LogP contribution in [-0.4, -0.2) is 26.8 Å². The Morgan fingerprint density at radius 1 is 1.33 bits per heavy atom. The minimum absolute atomic E-state index is 0.0170. The van der Waals surface area contributed by atoms with Crippen molar-refractivity contribution in [1.29, 1.82) is 0 Å². The van der Waals surface area contributed by atoms with Crippen molar-refractivity contribution in [3.05, 3.63) is 29.6 Å². The topological polar surface area (TPSA) is 15.3 Å². The molecule has 0 aliphatic carbocycles. The molecule has 0 aliphatic rings. The van der Waals surface area contributed by atoms with Gasteiger partial charge in [-0.15, -0.1) is 0 Å². The van der Waals surface area contributed by atoms with Crippen LogP contribution >= 0.6 is 0 Å². The van der Waals surface area contributed by atoms with Gasteiger partial charge in [-0.1, -0.05) is 12.1 Å². The van der Waals surface area contributed by atoms with E-state index in [0.29, 0.717) is 5.56 Å². The van der Waals surface area contributed by atoms with Crippen LogP contribution in [0.3, 0.4) is 0 Å². The molecule has 0 fully saturated rings. The van der Waals surface area contributed by atoms with E-state index in [1.165, 1.54) is 13.1 Å². The average molecular weight is 264 g/mol. The average Bonchev–Trinajstić information content (AvgIpc) is 2.25. The summed E-state index contributed by atoms with van der Waals surface area (Å²) in [6.45, 7) is 0.580. The van der Waals surface area contributed by atoms with E-state index in [1.54, 1.807) is 20.0 Å². The molecule has 1 aromatic carbocycles. The van der Waals surface area contributed by atoms with E-state index >= 15 is 0 Å². The Kier molecular flexibility index (Phi) is 4.56. The lowest BCUT2D eigenvalue weighted by atomic mass is 10.0. The molecule has 0 heterocycles. The third-order valence-corrected chi connectivity index (χ3v) is 2.72. The molecule has 1 atom stereocenters. The molecule has 0 spiro atoms. The van der Waals surface area contributed by atoms with Crippen molar-refractivity contribution >= 4 is 5.69 Å². The number of anilines is 1. The van der Waals surface area contributed by atoms with Gasteiger partial charge in [0, 0.05) is 13.1 Å². The summed E-state index contributed by atoms with van der Waals surface area (Å²) < 4.78 is 50.8. The second-order valence-electron chi connectivity index (χ2n) is 4.16. The van der Waals surface area contributed by atoms with Crippen molar-refractivity contribution in [2.75, 3.05) is 25.5 Å². The Labute approximate surface area is 104 Å². The highest BCUT2D eigenvalue weighted by atomic mass is 19.4. The minimum atomic E-state index is -4.36. The highest BCUT2D eigenvalue weighted by molar-refractivity contribution is 5.55. The molecule has 6 heteroatoms. The number of nitrogens with one attached hydrogen (secondary N) is 1. The van der Waals surface area contributed by atoms with Crippen LogP contribution in [0.25, 0.3) is 0 Å². The van der Waals surface area contributed by atoms with Gasteiger partial charge in [-0.25, -0.2) is 4.39 Å². The number of nitrogens with zero attached hydrogens (tertiary/aromatic N) is 1. The van der Waals surface area contributed by atoms with Gasteiger partial charge in [0.1, 0.15) is 12.4 Å². The highest BCUT2D eigenvalue weighted by Gasteiger charge is 2.31. The third kappa shape index (κ3) is 3.60. The summed E-state index contributed by atoms with van der Waals surface area (Å²) in [7, 11) is 2.90. The summed E-state index contributed by atoms with van der Waals surface area (Å²) in [5.74, 6) is -0.652. The van der Waals surface area contributed by atoms with Gasteiger partial charge in [-0.05, 0) is 25.6 Å². The highest BCUT2D eigenvalue weighted by Crippen LogP contribution is 2.30. The first-order chi connectivity index (χ1) is 8.26. The molecule has 1 unspecified atom stereocenters. The molecule has 0 radical (unpaired) electrons. The fourth-order valence-electron chi connectivity index (χ4n) is 1.79. The Morgan fingerprint density at radius 3 is 2.44 bits per heavy atom. The molecule has 0 aromatic heterocycles. The first-order valence-electron chi connectivity index (χ1n) is 5.50. The summed E-state index contributed by atoms with van der Waals surface area (Å²) >= 11 is 0. The summed E-state index contributed by atoms with van der Waals surface area (Å²) in [5.41, 5.74) is 0.487. The van der Waals surface area contributed by atoms with Crippen molar-refractivity contribution in [2.45, 2.75) is 19.1 Å². The van der Waals surface area contributed by atoms with Crippen LogP contribution in [0.15, 0.2) is 18.2 Å².